The zero-order chi connectivity index (χ0) is 14.8. The lowest BCUT2D eigenvalue weighted by Gasteiger charge is -2.13. The third-order valence-corrected chi connectivity index (χ3v) is 2.63. The highest BCUT2D eigenvalue weighted by molar-refractivity contribution is 9.08. The molecule has 1 aromatic heterocycles. The fraction of sp³-hybridized carbons (Fsp3) is 0.333. The first-order valence-electron chi connectivity index (χ1n) is 4.49. The van der Waals surface area contributed by atoms with Crippen LogP contribution in [-0.4, -0.2) is 16.6 Å². The highest BCUT2D eigenvalue weighted by Gasteiger charge is 2.33. The minimum absolute atomic E-state index is 0.293. The first kappa shape index (κ1) is 16.1. The van der Waals surface area contributed by atoms with Gasteiger partial charge in [0.1, 0.15) is 0 Å². The molecule has 0 aliphatic rings. The minimum Gasteiger partial charge on any atom is -0.388 e. The maximum atomic E-state index is 12.8. The second-order valence-electron chi connectivity index (χ2n) is 3.12. The molecule has 10 heteroatoms. The molecule has 0 amide bonds. The second-order valence-corrected chi connectivity index (χ2v) is 4.03. The Kier molecular flexibility index (Phi) is 5.08. The van der Waals surface area contributed by atoms with Crippen molar-refractivity contribution in [1.82, 2.24) is 4.98 Å². The number of nitrogens with zero attached hydrogens (tertiary/aromatic N) is 1. The van der Waals surface area contributed by atoms with E-state index in [1.165, 1.54) is 0 Å². The van der Waals surface area contributed by atoms with E-state index in [-0.39, 0.29) is 5.33 Å². The Morgan fingerprint density at radius 1 is 1.47 bits per heavy atom. The molecule has 0 aliphatic heterocycles. The van der Waals surface area contributed by atoms with E-state index in [0.29, 0.717) is 6.07 Å². The molecule has 0 bridgehead atoms. The molecule has 0 spiro atoms. The van der Waals surface area contributed by atoms with Gasteiger partial charge in [0.15, 0.2) is 0 Å². The third kappa shape index (κ3) is 4.27. The van der Waals surface area contributed by atoms with Gasteiger partial charge in [-0.05, 0) is 11.6 Å². The summed E-state index contributed by atoms with van der Waals surface area (Å²) in [7, 11) is 0. The van der Waals surface area contributed by atoms with Crippen LogP contribution < -0.4 is 4.74 Å². The van der Waals surface area contributed by atoms with E-state index in [2.05, 4.69) is 25.7 Å². The Hall–Kier alpha value is -0.960. The zero-order valence-corrected chi connectivity index (χ0v) is 11.1. The number of carbonyl (C=O) groups is 1. The third-order valence-electron chi connectivity index (χ3n) is 1.89. The lowest BCUT2D eigenvalue weighted by molar-refractivity contribution is -0.276. The highest BCUT2D eigenvalue weighted by Crippen LogP contribution is 2.32. The van der Waals surface area contributed by atoms with Crippen molar-refractivity contribution in [3.8, 4) is 5.88 Å². The standard InChI is InChI=1S/C9H4BrClF5NO2/c10-2-4-6(8(12)13)3(7(11)18)1-5(17-4)19-9(14,15)16/h1,8H,2H2. The van der Waals surface area contributed by atoms with Gasteiger partial charge in [-0.1, -0.05) is 15.9 Å². The van der Waals surface area contributed by atoms with Gasteiger partial charge in [0, 0.05) is 11.4 Å². The van der Waals surface area contributed by atoms with Gasteiger partial charge in [-0.25, -0.2) is 13.8 Å². The lowest BCUT2D eigenvalue weighted by Crippen LogP contribution is -2.19. The number of halogens is 7. The van der Waals surface area contributed by atoms with Crippen molar-refractivity contribution in [2.24, 2.45) is 0 Å². The average Bonchev–Trinajstić information content (AvgIpc) is 2.24. The van der Waals surface area contributed by atoms with Crippen LogP contribution in [0.1, 0.15) is 28.0 Å². The molecule has 19 heavy (non-hydrogen) atoms. The molecule has 1 aromatic rings. The van der Waals surface area contributed by atoms with Gasteiger partial charge >= 0.3 is 6.36 Å². The Balaban J connectivity index is 3.40. The van der Waals surface area contributed by atoms with E-state index in [1.54, 1.807) is 0 Å². The summed E-state index contributed by atoms with van der Waals surface area (Å²) in [6, 6.07) is 0.427. The SMILES string of the molecule is O=C(Cl)c1cc(OC(F)(F)F)nc(CBr)c1C(F)F. The van der Waals surface area contributed by atoms with Crippen LogP contribution in [0.15, 0.2) is 6.07 Å². The Morgan fingerprint density at radius 3 is 2.42 bits per heavy atom. The van der Waals surface area contributed by atoms with Gasteiger partial charge in [-0.2, -0.15) is 0 Å². The molecule has 0 fully saturated rings. The van der Waals surface area contributed by atoms with Crippen LogP contribution >= 0.6 is 27.5 Å². The van der Waals surface area contributed by atoms with Gasteiger partial charge in [0.05, 0.1) is 16.8 Å². The van der Waals surface area contributed by atoms with E-state index in [0.717, 1.165) is 0 Å². The van der Waals surface area contributed by atoms with E-state index >= 15 is 0 Å². The highest BCUT2D eigenvalue weighted by atomic mass is 79.9. The number of ether oxygens (including phenoxy) is 1. The van der Waals surface area contributed by atoms with E-state index < -0.39 is 40.7 Å². The molecule has 0 atom stereocenters. The van der Waals surface area contributed by atoms with E-state index in [4.69, 9.17) is 11.6 Å². The summed E-state index contributed by atoms with van der Waals surface area (Å²) in [5, 5.41) is -1.62. The predicted molar refractivity (Wildman–Crippen MR) is 58.7 cm³/mol. The predicted octanol–water partition coefficient (Wildman–Crippen LogP) is 4.19. The monoisotopic (exact) mass is 367 g/mol. The molecule has 0 aliphatic carbocycles. The first-order chi connectivity index (χ1) is 8.65. The van der Waals surface area contributed by atoms with Gasteiger partial charge in [-0.3, -0.25) is 4.79 Å². The summed E-state index contributed by atoms with van der Waals surface area (Å²) in [6.45, 7) is 0. The van der Waals surface area contributed by atoms with E-state index in [1.807, 2.05) is 0 Å². The fourth-order valence-electron chi connectivity index (χ4n) is 1.26. The summed E-state index contributed by atoms with van der Waals surface area (Å²) >= 11 is 7.86. The van der Waals surface area contributed by atoms with Gasteiger partial charge in [-0.15, -0.1) is 13.2 Å². The molecular formula is C9H4BrClF5NO2. The van der Waals surface area contributed by atoms with Crippen molar-refractivity contribution in [3.63, 3.8) is 0 Å². The number of hydrogen-bond donors (Lipinski definition) is 0. The lowest BCUT2D eigenvalue weighted by atomic mass is 10.1. The smallest absolute Gasteiger partial charge is 0.388 e. The first-order valence-corrected chi connectivity index (χ1v) is 5.99. The number of carbonyl (C=O) groups excluding carboxylic acids is 1. The topological polar surface area (TPSA) is 39.2 Å². The summed E-state index contributed by atoms with van der Waals surface area (Å²) < 4.78 is 65.1. The Bertz CT molecular complexity index is 494. The van der Waals surface area contributed by atoms with Crippen molar-refractivity contribution in [1.29, 1.82) is 0 Å². The fourth-order valence-corrected chi connectivity index (χ4v) is 1.84. The van der Waals surface area contributed by atoms with Crippen LogP contribution in [0.2, 0.25) is 0 Å². The number of aromatic nitrogens is 1. The van der Waals surface area contributed by atoms with Crippen LogP contribution in [0.5, 0.6) is 5.88 Å². The molecule has 0 aromatic carbocycles. The van der Waals surface area contributed by atoms with Gasteiger partial charge < -0.3 is 4.74 Å². The summed E-state index contributed by atoms with van der Waals surface area (Å²) in [5.74, 6) is -1.03. The van der Waals surface area contributed by atoms with Crippen LogP contribution in [0.4, 0.5) is 22.0 Å². The molecule has 1 heterocycles. The van der Waals surface area contributed by atoms with Crippen LogP contribution in [0.25, 0.3) is 0 Å². The molecule has 0 N–H and O–H groups in total. The molecule has 106 valence electrons. The van der Waals surface area contributed by atoms with E-state index in [9.17, 15) is 26.7 Å². The number of alkyl halides is 6. The maximum Gasteiger partial charge on any atom is 0.574 e. The van der Waals surface area contributed by atoms with Crippen LogP contribution in [0, 0.1) is 0 Å². The van der Waals surface area contributed by atoms with Crippen LogP contribution in [-0.2, 0) is 5.33 Å². The minimum atomic E-state index is -5.06. The Morgan fingerprint density at radius 2 is 2.05 bits per heavy atom. The molecule has 0 radical (unpaired) electrons. The maximum absolute atomic E-state index is 12.8. The van der Waals surface area contributed by atoms with Crippen molar-refractivity contribution in [2.75, 3.05) is 0 Å². The molecule has 0 unspecified atom stereocenters. The quantitative estimate of drug-likeness (QED) is 0.454. The largest absolute Gasteiger partial charge is 0.574 e. The average molecular weight is 368 g/mol. The van der Waals surface area contributed by atoms with Crippen LogP contribution in [0.3, 0.4) is 0 Å². The molecule has 3 nitrogen and oxygen atoms in total. The molecule has 0 saturated carbocycles. The normalized spacial score (nSPS) is 11.8. The zero-order valence-electron chi connectivity index (χ0n) is 8.77. The number of rotatable bonds is 4. The summed E-state index contributed by atoms with van der Waals surface area (Å²) in [4.78, 5) is 14.3. The van der Waals surface area contributed by atoms with Crippen molar-refractivity contribution in [2.45, 2.75) is 18.1 Å². The molecule has 1 rings (SSSR count). The molecular weight excluding hydrogens is 364 g/mol. The summed E-state index contributed by atoms with van der Waals surface area (Å²) in [6.07, 6.45) is -8.17. The van der Waals surface area contributed by atoms with Crippen molar-refractivity contribution >= 4 is 32.8 Å². The van der Waals surface area contributed by atoms with Gasteiger partial charge in [0.2, 0.25) is 5.88 Å². The van der Waals surface area contributed by atoms with Gasteiger partial charge in [0.25, 0.3) is 11.7 Å². The second kappa shape index (κ2) is 6.00. The number of hydrogen-bond acceptors (Lipinski definition) is 3. The number of pyridine rings is 1. The molecule has 0 saturated heterocycles. The summed E-state index contributed by atoms with van der Waals surface area (Å²) in [5.41, 5.74) is -2.06. The Labute approximate surface area is 116 Å². The van der Waals surface area contributed by atoms with Crippen molar-refractivity contribution in [3.05, 3.63) is 22.9 Å². The van der Waals surface area contributed by atoms with Crippen molar-refractivity contribution < 1.29 is 31.5 Å².